The van der Waals surface area contributed by atoms with Gasteiger partial charge < -0.3 is 20.5 Å². The van der Waals surface area contributed by atoms with Crippen molar-refractivity contribution in [3.05, 3.63) is 48.5 Å². The highest BCUT2D eigenvalue weighted by molar-refractivity contribution is 5.72. The molecule has 0 aliphatic heterocycles. The van der Waals surface area contributed by atoms with Crippen LogP contribution >= 0.6 is 0 Å². The summed E-state index contributed by atoms with van der Waals surface area (Å²) >= 11 is 0. The molecule has 0 unspecified atom stereocenters. The van der Waals surface area contributed by atoms with Gasteiger partial charge in [0.1, 0.15) is 18.1 Å². The third kappa shape index (κ3) is 4.60. The second-order valence-corrected chi connectivity index (χ2v) is 4.65. The molecule has 0 saturated heterocycles. The lowest BCUT2D eigenvalue weighted by atomic mass is 10.2. The van der Waals surface area contributed by atoms with Crippen LogP contribution in [0.15, 0.2) is 48.5 Å². The van der Waals surface area contributed by atoms with Crippen molar-refractivity contribution in [2.24, 2.45) is 0 Å². The van der Waals surface area contributed by atoms with Crippen molar-refractivity contribution in [1.29, 1.82) is 0 Å². The van der Waals surface area contributed by atoms with Crippen LogP contribution in [0.1, 0.15) is 13.3 Å². The number of ether oxygens (including phenoxy) is 2. The first-order chi connectivity index (χ1) is 10.3. The highest BCUT2D eigenvalue weighted by Gasteiger charge is 2.05. The predicted molar refractivity (Wildman–Crippen MR) is 87.1 cm³/mol. The molecule has 0 aliphatic carbocycles. The molecule has 2 aromatic rings. The van der Waals surface area contributed by atoms with Gasteiger partial charge in [0.15, 0.2) is 0 Å². The van der Waals surface area contributed by atoms with Crippen molar-refractivity contribution in [3.63, 3.8) is 0 Å². The molecule has 0 amide bonds. The second kappa shape index (κ2) is 8.04. The Morgan fingerprint density at radius 1 is 0.952 bits per heavy atom. The van der Waals surface area contributed by atoms with Crippen molar-refractivity contribution in [3.8, 4) is 11.5 Å². The fourth-order valence-electron chi connectivity index (χ4n) is 1.91. The topological polar surface area (TPSA) is 56.5 Å². The predicted octanol–water partition coefficient (Wildman–Crippen LogP) is 3.55. The number of hydrogen-bond donors (Lipinski definition) is 2. The van der Waals surface area contributed by atoms with Gasteiger partial charge >= 0.3 is 0 Å². The minimum atomic E-state index is 0.573. The minimum absolute atomic E-state index is 0.573. The first-order valence-corrected chi connectivity index (χ1v) is 7.24. The van der Waals surface area contributed by atoms with Gasteiger partial charge in [0.25, 0.3) is 0 Å². The summed E-state index contributed by atoms with van der Waals surface area (Å²) < 4.78 is 11.2. The van der Waals surface area contributed by atoms with Crippen molar-refractivity contribution >= 4 is 11.4 Å². The Morgan fingerprint density at radius 3 is 2.52 bits per heavy atom. The van der Waals surface area contributed by atoms with Crippen LogP contribution in [0.4, 0.5) is 11.4 Å². The molecular weight excluding hydrogens is 264 g/mol. The van der Waals surface area contributed by atoms with Crippen LogP contribution in [-0.2, 0) is 0 Å². The van der Waals surface area contributed by atoms with E-state index in [2.05, 4.69) is 12.2 Å². The van der Waals surface area contributed by atoms with Gasteiger partial charge in [0.05, 0.1) is 18.0 Å². The number of nitrogen functional groups attached to an aromatic ring is 1. The van der Waals surface area contributed by atoms with E-state index in [4.69, 9.17) is 15.2 Å². The first kappa shape index (κ1) is 15.0. The molecule has 0 bridgehead atoms. The zero-order chi connectivity index (χ0) is 14.9. The fraction of sp³-hybridized carbons (Fsp3) is 0.294. The molecule has 0 aliphatic rings. The molecule has 0 heterocycles. The lowest BCUT2D eigenvalue weighted by molar-refractivity contribution is 0.319. The molecule has 4 heteroatoms. The van der Waals surface area contributed by atoms with E-state index in [1.807, 2.05) is 48.5 Å². The Balaban J connectivity index is 1.83. The van der Waals surface area contributed by atoms with Crippen LogP contribution in [0.5, 0.6) is 11.5 Å². The SMILES string of the molecule is CCCOc1cccc(NCCOc2ccccc2)c1N. The smallest absolute Gasteiger partial charge is 0.144 e. The molecule has 0 radical (unpaired) electrons. The van der Waals surface area contributed by atoms with Gasteiger partial charge in [-0.2, -0.15) is 0 Å². The lowest BCUT2D eigenvalue weighted by Gasteiger charge is -2.14. The van der Waals surface area contributed by atoms with E-state index in [1.165, 1.54) is 0 Å². The average Bonchev–Trinajstić information content (AvgIpc) is 2.53. The summed E-state index contributed by atoms with van der Waals surface area (Å²) in [6.45, 7) is 3.99. The number of nitrogens with one attached hydrogen (secondary N) is 1. The second-order valence-electron chi connectivity index (χ2n) is 4.65. The number of hydrogen-bond acceptors (Lipinski definition) is 4. The van der Waals surface area contributed by atoms with Crippen LogP contribution in [0.25, 0.3) is 0 Å². The van der Waals surface area contributed by atoms with E-state index in [9.17, 15) is 0 Å². The molecule has 0 aromatic heterocycles. The number of nitrogens with two attached hydrogens (primary N) is 1. The molecule has 0 fully saturated rings. The van der Waals surface area contributed by atoms with Crippen LogP contribution in [0.2, 0.25) is 0 Å². The highest BCUT2D eigenvalue weighted by Crippen LogP contribution is 2.29. The van der Waals surface area contributed by atoms with Gasteiger partial charge in [-0.3, -0.25) is 0 Å². The highest BCUT2D eigenvalue weighted by atomic mass is 16.5. The summed E-state index contributed by atoms with van der Waals surface area (Å²) in [4.78, 5) is 0. The summed E-state index contributed by atoms with van der Waals surface area (Å²) in [5, 5.41) is 3.27. The molecule has 3 N–H and O–H groups in total. The Labute approximate surface area is 125 Å². The standard InChI is InChI=1S/C17H22N2O2/c1-2-12-21-16-10-6-9-15(17(16)18)19-11-13-20-14-7-4-3-5-8-14/h3-10,19H,2,11-13,18H2,1H3. The Bertz CT molecular complexity index is 544. The number of rotatable bonds is 8. The van der Waals surface area contributed by atoms with Gasteiger partial charge in [0, 0.05) is 6.54 Å². The third-order valence-corrected chi connectivity index (χ3v) is 2.96. The van der Waals surface area contributed by atoms with Crippen LogP contribution < -0.4 is 20.5 Å². The van der Waals surface area contributed by atoms with Crippen LogP contribution in [0, 0.1) is 0 Å². The molecule has 0 atom stereocenters. The van der Waals surface area contributed by atoms with E-state index in [-0.39, 0.29) is 0 Å². The maximum absolute atomic E-state index is 6.09. The average molecular weight is 286 g/mol. The van der Waals surface area contributed by atoms with Gasteiger partial charge in [-0.25, -0.2) is 0 Å². The molecular formula is C17H22N2O2. The summed E-state index contributed by atoms with van der Waals surface area (Å²) in [6, 6.07) is 15.5. The van der Waals surface area contributed by atoms with Crippen LogP contribution in [-0.4, -0.2) is 19.8 Å². The maximum Gasteiger partial charge on any atom is 0.144 e. The van der Waals surface area contributed by atoms with E-state index < -0.39 is 0 Å². The van der Waals surface area contributed by atoms with Crippen LogP contribution in [0.3, 0.4) is 0 Å². The van der Waals surface area contributed by atoms with Crippen molar-refractivity contribution in [1.82, 2.24) is 0 Å². The minimum Gasteiger partial charge on any atom is -0.492 e. The quantitative estimate of drug-likeness (QED) is 0.575. The van der Waals surface area contributed by atoms with E-state index in [1.54, 1.807) is 0 Å². The lowest BCUT2D eigenvalue weighted by Crippen LogP contribution is -2.13. The fourth-order valence-corrected chi connectivity index (χ4v) is 1.91. The number of benzene rings is 2. The van der Waals surface area contributed by atoms with Crippen molar-refractivity contribution in [2.45, 2.75) is 13.3 Å². The zero-order valence-electron chi connectivity index (χ0n) is 12.3. The van der Waals surface area contributed by atoms with Gasteiger partial charge in [-0.1, -0.05) is 31.2 Å². The Morgan fingerprint density at radius 2 is 1.76 bits per heavy atom. The van der Waals surface area contributed by atoms with E-state index in [0.717, 1.165) is 23.6 Å². The maximum atomic E-state index is 6.09. The largest absolute Gasteiger partial charge is 0.492 e. The first-order valence-electron chi connectivity index (χ1n) is 7.24. The van der Waals surface area contributed by atoms with E-state index in [0.29, 0.717) is 25.4 Å². The van der Waals surface area contributed by atoms with Crippen molar-refractivity contribution in [2.75, 3.05) is 30.8 Å². The van der Waals surface area contributed by atoms with Gasteiger partial charge in [-0.15, -0.1) is 0 Å². The van der Waals surface area contributed by atoms with Crippen molar-refractivity contribution < 1.29 is 9.47 Å². The molecule has 2 aromatic carbocycles. The molecule has 0 spiro atoms. The summed E-state index contributed by atoms with van der Waals surface area (Å²) in [5.41, 5.74) is 7.61. The Hall–Kier alpha value is -2.36. The van der Waals surface area contributed by atoms with Gasteiger partial charge in [0.2, 0.25) is 0 Å². The van der Waals surface area contributed by atoms with Gasteiger partial charge in [-0.05, 0) is 30.7 Å². The monoisotopic (exact) mass is 286 g/mol. The number of anilines is 2. The van der Waals surface area contributed by atoms with E-state index >= 15 is 0 Å². The Kier molecular flexibility index (Phi) is 5.76. The molecule has 112 valence electrons. The molecule has 0 saturated carbocycles. The summed E-state index contributed by atoms with van der Waals surface area (Å²) in [6.07, 6.45) is 0.960. The summed E-state index contributed by atoms with van der Waals surface area (Å²) in [7, 11) is 0. The number of para-hydroxylation sites is 2. The zero-order valence-corrected chi connectivity index (χ0v) is 12.3. The summed E-state index contributed by atoms with van der Waals surface area (Å²) in [5.74, 6) is 1.60. The molecule has 2 rings (SSSR count). The third-order valence-electron chi connectivity index (χ3n) is 2.96. The molecule has 21 heavy (non-hydrogen) atoms. The normalized spacial score (nSPS) is 10.1. The molecule has 4 nitrogen and oxygen atoms in total.